The molecule has 1 aliphatic heterocycles. The fourth-order valence-corrected chi connectivity index (χ4v) is 4.91. The predicted octanol–water partition coefficient (Wildman–Crippen LogP) is 2.02. The van der Waals surface area contributed by atoms with Crippen LogP contribution in [-0.4, -0.2) is 35.1 Å². The van der Waals surface area contributed by atoms with E-state index in [0.717, 1.165) is 11.1 Å². The topological polar surface area (TPSA) is 116 Å². The summed E-state index contributed by atoms with van der Waals surface area (Å²) in [5, 5.41) is 2.65. The van der Waals surface area contributed by atoms with Crippen LogP contribution in [0.1, 0.15) is 24.0 Å². The fourth-order valence-electron chi connectivity index (χ4n) is 2.86. The average molecular weight is 440 g/mol. The second kappa shape index (κ2) is 7.86. The van der Waals surface area contributed by atoms with Gasteiger partial charge in [0.25, 0.3) is 10.1 Å². The highest BCUT2D eigenvalue weighted by atomic mass is 32.2. The van der Waals surface area contributed by atoms with Crippen LogP contribution in [0.15, 0.2) is 58.3 Å². The first-order valence-corrected chi connectivity index (χ1v) is 11.7. The number of nitrogens with one attached hydrogen (secondary N) is 1. The van der Waals surface area contributed by atoms with Crippen LogP contribution in [0.25, 0.3) is 0 Å². The highest BCUT2D eigenvalue weighted by Gasteiger charge is 2.50. The average Bonchev–Trinajstić information content (AvgIpc) is 3.11. The van der Waals surface area contributed by atoms with E-state index in [-0.39, 0.29) is 22.8 Å². The number of aryl methyl sites for hydroxylation is 2. The van der Waals surface area contributed by atoms with E-state index in [1.165, 1.54) is 24.3 Å². The van der Waals surface area contributed by atoms with Crippen LogP contribution in [0, 0.1) is 13.8 Å². The molecule has 8 nitrogen and oxygen atoms in total. The third-order valence-corrected chi connectivity index (χ3v) is 7.08. The van der Waals surface area contributed by atoms with E-state index in [1.807, 2.05) is 0 Å². The minimum absolute atomic E-state index is 0.0552. The highest BCUT2D eigenvalue weighted by molar-refractivity contribution is 7.87. The monoisotopic (exact) mass is 439 g/mol. The lowest BCUT2D eigenvalue weighted by atomic mass is 10.2. The zero-order chi connectivity index (χ0) is 21.3. The minimum atomic E-state index is -4.44. The van der Waals surface area contributed by atoms with Crippen molar-refractivity contribution in [3.63, 3.8) is 0 Å². The number of benzene rings is 2. The second-order valence-corrected chi connectivity index (χ2v) is 9.94. The van der Waals surface area contributed by atoms with Crippen LogP contribution in [-0.2, 0) is 33.4 Å². The number of carbonyl (C=O) groups excluding carboxylic acids is 1. The Hall–Kier alpha value is -2.27. The van der Waals surface area contributed by atoms with E-state index < -0.39 is 31.9 Å². The van der Waals surface area contributed by atoms with Gasteiger partial charge in [0.1, 0.15) is 4.90 Å². The summed E-state index contributed by atoms with van der Waals surface area (Å²) in [5.41, 5.74) is -0.431. The van der Waals surface area contributed by atoms with Crippen LogP contribution in [0.3, 0.4) is 0 Å². The van der Waals surface area contributed by atoms with Crippen molar-refractivity contribution < 1.29 is 30.0 Å². The van der Waals surface area contributed by atoms with Crippen molar-refractivity contribution in [2.24, 2.45) is 0 Å². The van der Waals surface area contributed by atoms with Crippen LogP contribution in [0.4, 0.5) is 0 Å². The largest absolute Gasteiger partial charge is 0.370 e. The fraction of sp³-hybridized carbons (Fsp3) is 0.316. The number of hydrogen-bond donors (Lipinski definition) is 1. The molecule has 1 saturated heterocycles. The molecule has 0 aliphatic carbocycles. The van der Waals surface area contributed by atoms with Crippen molar-refractivity contribution in [1.82, 2.24) is 5.32 Å². The Morgan fingerprint density at radius 1 is 0.862 bits per heavy atom. The summed E-state index contributed by atoms with van der Waals surface area (Å²) >= 11 is 0. The lowest BCUT2D eigenvalue weighted by molar-refractivity contribution is -0.152. The highest BCUT2D eigenvalue weighted by Crippen LogP contribution is 2.29. The molecule has 0 bridgehead atoms. The summed E-state index contributed by atoms with van der Waals surface area (Å²) in [7, 11) is -8.79. The molecule has 0 spiro atoms. The van der Waals surface area contributed by atoms with Crippen molar-refractivity contribution in [3.05, 3.63) is 59.7 Å². The third kappa shape index (κ3) is 4.67. The van der Waals surface area contributed by atoms with Gasteiger partial charge in [-0.25, -0.2) is 8.98 Å². The molecule has 1 fully saturated rings. The Morgan fingerprint density at radius 2 is 1.34 bits per heavy atom. The van der Waals surface area contributed by atoms with Gasteiger partial charge in [0.15, 0.2) is 0 Å². The minimum Gasteiger partial charge on any atom is -0.338 e. The molecule has 0 unspecified atom stereocenters. The number of rotatable bonds is 6. The number of carbonyl (C=O) groups is 1. The molecule has 0 saturated carbocycles. The molecule has 156 valence electrons. The van der Waals surface area contributed by atoms with Gasteiger partial charge in [-0.05, 0) is 51.1 Å². The Balaban J connectivity index is 1.87. The molecule has 1 aliphatic rings. The van der Waals surface area contributed by atoms with Crippen molar-refractivity contribution in [2.75, 3.05) is 6.54 Å². The molecule has 10 heteroatoms. The third-order valence-electron chi connectivity index (χ3n) is 4.50. The van der Waals surface area contributed by atoms with E-state index in [1.54, 1.807) is 38.1 Å². The zero-order valence-electron chi connectivity index (χ0n) is 15.9. The molecule has 0 radical (unpaired) electrons. The van der Waals surface area contributed by atoms with Gasteiger partial charge in [-0.3, -0.25) is 5.32 Å². The van der Waals surface area contributed by atoms with Crippen molar-refractivity contribution >= 4 is 26.2 Å². The molecule has 0 aromatic heterocycles. The second-order valence-electron chi connectivity index (χ2n) is 6.85. The predicted molar refractivity (Wildman–Crippen MR) is 104 cm³/mol. The van der Waals surface area contributed by atoms with Gasteiger partial charge in [0.2, 0.25) is 5.72 Å². The van der Waals surface area contributed by atoms with E-state index in [4.69, 9.17) is 8.37 Å². The van der Waals surface area contributed by atoms with E-state index in [9.17, 15) is 21.6 Å². The van der Waals surface area contributed by atoms with Gasteiger partial charge < -0.3 is 4.18 Å². The standard InChI is InChI=1S/C19H21NO7S2/c1-14-4-8-16(9-5-14)28(22,23)26-18(21)19(12-3-13-20-19)27-29(24,25)17-10-6-15(2)7-11-17/h4-11,20H,3,12-13H2,1-2H3/t19-/m1/s1. The Labute approximate surface area is 170 Å². The van der Waals surface area contributed by atoms with Gasteiger partial charge in [-0.15, -0.1) is 0 Å². The molecule has 1 atom stereocenters. The van der Waals surface area contributed by atoms with E-state index >= 15 is 0 Å². The maximum absolute atomic E-state index is 12.7. The van der Waals surface area contributed by atoms with E-state index in [0.29, 0.717) is 6.42 Å². The summed E-state index contributed by atoms with van der Waals surface area (Å²) < 4.78 is 60.2. The molecule has 3 rings (SSSR count). The van der Waals surface area contributed by atoms with Gasteiger partial charge in [-0.2, -0.15) is 16.8 Å². The first-order chi connectivity index (χ1) is 13.5. The molecule has 29 heavy (non-hydrogen) atoms. The van der Waals surface area contributed by atoms with Gasteiger partial charge in [0, 0.05) is 6.42 Å². The summed E-state index contributed by atoms with van der Waals surface area (Å²) in [6.45, 7) is 3.84. The lowest BCUT2D eigenvalue weighted by Gasteiger charge is -2.26. The van der Waals surface area contributed by atoms with Gasteiger partial charge in [-0.1, -0.05) is 35.4 Å². The van der Waals surface area contributed by atoms with Crippen LogP contribution in [0.2, 0.25) is 0 Å². The first-order valence-electron chi connectivity index (χ1n) is 8.87. The summed E-state index contributed by atoms with van der Waals surface area (Å²) in [5.74, 6) is -1.33. The zero-order valence-corrected chi connectivity index (χ0v) is 17.5. The van der Waals surface area contributed by atoms with Crippen LogP contribution in [0.5, 0.6) is 0 Å². The molecule has 1 N–H and O–H groups in total. The van der Waals surface area contributed by atoms with Gasteiger partial charge >= 0.3 is 16.1 Å². The summed E-state index contributed by atoms with van der Waals surface area (Å²) in [6, 6.07) is 11.6. The normalized spacial score (nSPS) is 19.8. The molecular formula is C19H21NO7S2. The molecule has 2 aromatic rings. The quantitative estimate of drug-likeness (QED) is 0.680. The lowest BCUT2D eigenvalue weighted by Crippen LogP contribution is -2.52. The van der Waals surface area contributed by atoms with Crippen LogP contribution < -0.4 is 5.32 Å². The van der Waals surface area contributed by atoms with Gasteiger partial charge in [0.05, 0.1) is 4.90 Å². The summed E-state index contributed by atoms with van der Waals surface area (Å²) in [4.78, 5) is 12.4. The molecule has 1 heterocycles. The van der Waals surface area contributed by atoms with E-state index in [2.05, 4.69) is 5.32 Å². The SMILES string of the molecule is Cc1ccc(S(=O)(=O)OC(=O)[C@]2(OS(=O)(=O)c3ccc(C)cc3)CCCN2)cc1. The maximum atomic E-state index is 12.7. The smallest absolute Gasteiger partial charge is 0.338 e. The van der Waals surface area contributed by atoms with Crippen LogP contribution >= 0.6 is 0 Å². The maximum Gasteiger partial charge on any atom is 0.370 e. The van der Waals surface area contributed by atoms with Crippen molar-refractivity contribution in [1.29, 1.82) is 0 Å². The summed E-state index contributed by atoms with van der Waals surface area (Å²) in [6.07, 6.45) is 0.351. The first kappa shape index (κ1) is 21.4. The van der Waals surface area contributed by atoms with Crippen molar-refractivity contribution in [3.8, 4) is 0 Å². The Kier molecular flexibility index (Phi) is 5.81. The molecular weight excluding hydrogens is 418 g/mol. The Morgan fingerprint density at radius 3 is 1.79 bits per heavy atom. The Bertz CT molecular complexity index is 1100. The number of hydrogen-bond acceptors (Lipinski definition) is 8. The van der Waals surface area contributed by atoms with Crippen molar-refractivity contribution in [2.45, 2.75) is 42.2 Å². The molecule has 2 aromatic carbocycles. The molecule has 0 amide bonds.